The van der Waals surface area contributed by atoms with Gasteiger partial charge < -0.3 is 9.47 Å². The van der Waals surface area contributed by atoms with Gasteiger partial charge in [0.25, 0.3) is 5.79 Å². The molecule has 0 aromatic carbocycles. The standard InChI is InChI=1S/C7H4F8O2/c8-3-4(9)17-5(16-3,1-6(10,11)12)2-7(13,14)15/h1-2H2. The zero-order valence-electron chi connectivity index (χ0n) is 7.75. The van der Waals surface area contributed by atoms with Crippen molar-refractivity contribution in [3.05, 3.63) is 12.0 Å². The molecule has 0 saturated heterocycles. The third-order valence-electron chi connectivity index (χ3n) is 1.65. The van der Waals surface area contributed by atoms with Gasteiger partial charge in [-0.15, -0.1) is 0 Å². The second kappa shape index (κ2) is 3.91. The molecular formula is C7H4F8O2. The maximum Gasteiger partial charge on any atom is 0.396 e. The van der Waals surface area contributed by atoms with Crippen LogP contribution in [-0.2, 0) is 9.47 Å². The fourth-order valence-electron chi connectivity index (χ4n) is 1.25. The molecule has 2 nitrogen and oxygen atoms in total. The summed E-state index contributed by atoms with van der Waals surface area (Å²) in [7, 11) is 0. The van der Waals surface area contributed by atoms with Gasteiger partial charge in [-0.3, -0.25) is 0 Å². The Morgan fingerprint density at radius 2 is 1.06 bits per heavy atom. The molecule has 0 radical (unpaired) electrons. The van der Waals surface area contributed by atoms with E-state index >= 15 is 0 Å². The molecule has 0 aromatic rings. The van der Waals surface area contributed by atoms with Crippen molar-refractivity contribution in [1.82, 2.24) is 0 Å². The SMILES string of the molecule is FC1=C(F)OC(CC(F)(F)F)(CC(F)(F)F)O1. The van der Waals surface area contributed by atoms with Gasteiger partial charge in [0, 0.05) is 0 Å². The van der Waals surface area contributed by atoms with E-state index in [4.69, 9.17) is 0 Å². The van der Waals surface area contributed by atoms with Gasteiger partial charge in [0.05, 0.1) is 0 Å². The summed E-state index contributed by atoms with van der Waals surface area (Å²) in [5.41, 5.74) is 0. The third-order valence-corrected chi connectivity index (χ3v) is 1.65. The summed E-state index contributed by atoms with van der Waals surface area (Å²) in [6, 6.07) is -4.48. The van der Waals surface area contributed by atoms with Crippen molar-refractivity contribution in [3.63, 3.8) is 0 Å². The third kappa shape index (κ3) is 3.93. The average Bonchev–Trinajstić information content (AvgIpc) is 2.17. The minimum Gasteiger partial charge on any atom is -0.422 e. The van der Waals surface area contributed by atoms with Crippen LogP contribution in [0.3, 0.4) is 0 Å². The Morgan fingerprint density at radius 1 is 0.765 bits per heavy atom. The topological polar surface area (TPSA) is 18.5 Å². The first-order valence-corrected chi connectivity index (χ1v) is 3.99. The molecule has 0 N–H and O–H groups in total. The van der Waals surface area contributed by atoms with Crippen molar-refractivity contribution in [2.24, 2.45) is 0 Å². The van der Waals surface area contributed by atoms with Gasteiger partial charge in [0.2, 0.25) is 0 Å². The zero-order chi connectivity index (χ0) is 13.5. The molecule has 0 aromatic heterocycles. The molecule has 0 saturated carbocycles. The number of hydrogen-bond donors (Lipinski definition) is 0. The molecule has 100 valence electrons. The fourth-order valence-corrected chi connectivity index (χ4v) is 1.25. The van der Waals surface area contributed by atoms with Gasteiger partial charge in [0.1, 0.15) is 12.8 Å². The molecule has 0 fully saturated rings. The van der Waals surface area contributed by atoms with Gasteiger partial charge >= 0.3 is 24.4 Å². The monoisotopic (exact) mass is 272 g/mol. The first kappa shape index (κ1) is 13.8. The molecular weight excluding hydrogens is 268 g/mol. The van der Waals surface area contributed by atoms with E-state index in [1.54, 1.807) is 0 Å². The molecule has 1 rings (SSSR count). The van der Waals surface area contributed by atoms with Crippen LogP contribution in [0.15, 0.2) is 12.0 Å². The van der Waals surface area contributed by atoms with Crippen LogP contribution < -0.4 is 0 Å². The summed E-state index contributed by atoms with van der Waals surface area (Å²) >= 11 is 0. The summed E-state index contributed by atoms with van der Waals surface area (Å²) in [5, 5.41) is 0. The van der Waals surface area contributed by atoms with E-state index in [1.807, 2.05) is 0 Å². The molecule has 0 bridgehead atoms. The van der Waals surface area contributed by atoms with Crippen LogP contribution in [0.5, 0.6) is 0 Å². The quantitative estimate of drug-likeness (QED) is 0.713. The summed E-state index contributed by atoms with van der Waals surface area (Å²) in [5.74, 6) is -3.47. The van der Waals surface area contributed by atoms with Crippen LogP contribution in [0.1, 0.15) is 12.8 Å². The van der Waals surface area contributed by atoms with Gasteiger partial charge in [-0.05, 0) is 0 Å². The zero-order valence-corrected chi connectivity index (χ0v) is 7.75. The van der Waals surface area contributed by atoms with E-state index in [2.05, 4.69) is 9.47 Å². The fraction of sp³-hybridized carbons (Fsp3) is 0.714. The summed E-state index contributed by atoms with van der Waals surface area (Å²) in [6.07, 6.45) is -14.9. The highest BCUT2D eigenvalue weighted by atomic mass is 19.4. The van der Waals surface area contributed by atoms with Crippen LogP contribution in [0.4, 0.5) is 35.1 Å². The van der Waals surface area contributed by atoms with E-state index in [-0.39, 0.29) is 0 Å². The Balaban J connectivity index is 2.90. The van der Waals surface area contributed by atoms with E-state index in [9.17, 15) is 35.1 Å². The van der Waals surface area contributed by atoms with Gasteiger partial charge in [-0.25, -0.2) is 0 Å². The number of ether oxygens (including phenoxy) is 2. The van der Waals surface area contributed by atoms with Crippen LogP contribution in [-0.4, -0.2) is 18.1 Å². The molecule has 1 aliphatic heterocycles. The predicted octanol–water partition coefficient (Wildman–Crippen LogP) is 3.70. The summed E-state index contributed by atoms with van der Waals surface area (Å²) in [4.78, 5) is 0. The van der Waals surface area contributed by atoms with Crippen molar-refractivity contribution < 1.29 is 44.6 Å². The van der Waals surface area contributed by atoms with Crippen molar-refractivity contribution >= 4 is 0 Å². The van der Waals surface area contributed by atoms with E-state index in [1.165, 1.54) is 0 Å². The lowest BCUT2D eigenvalue weighted by Crippen LogP contribution is -2.40. The number of halogens is 8. The smallest absolute Gasteiger partial charge is 0.396 e. The predicted molar refractivity (Wildman–Crippen MR) is 35.5 cm³/mol. The Labute approximate surface area is 88.8 Å². The summed E-state index contributed by atoms with van der Waals surface area (Å²) < 4.78 is 104. The van der Waals surface area contributed by atoms with Crippen molar-refractivity contribution in [2.75, 3.05) is 0 Å². The molecule has 10 heteroatoms. The Morgan fingerprint density at radius 3 is 1.29 bits per heavy atom. The van der Waals surface area contributed by atoms with E-state index in [0.29, 0.717) is 0 Å². The minimum atomic E-state index is -5.14. The highest BCUT2D eigenvalue weighted by molar-refractivity contribution is 4.97. The normalized spacial score (nSPS) is 20.2. The highest BCUT2D eigenvalue weighted by Crippen LogP contribution is 2.45. The van der Waals surface area contributed by atoms with Crippen molar-refractivity contribution in [2.45, 2.75) is 31.0 Å². The molecule has 0 atom stereocenters. The van der Waals surface area contributed by atoms with Crippen LogP contribution >= 0.6 is 0 Å². The van der Waals surface area contributed by atoms with E-state index in [0.717, 1.165) is 0 Å². The molecule has 1 aliphatic rings. The first-order chi connectivity index (χ1) is 7.43. The van der Waals surface area contributed by atoms with Gasteiger partial charge in [0.15, 0.2) is 0 Å². The first-order valence-electron chi connectivity index (χ1n) is 3.99. The maximum absolute atomic E-state index is 12.4. The maximum atomic E-state index is 12.4. The lowest BCUT2D eigenvalue weighted by Gasteiger charge is -2.28. The van der Waals surface area contributed by atoms with Crippen LogP contribution in [0.25, 0.3) is 0 Å². The lowest BCUT2D eigenvalue weighted by molar-refractivity contribution is -0.285. The number of alkyl halides is 6. The average molecular weight is 272 g/mol. The summed E-state index contributed by atoms with van der Waals surface area (Å²) in [6.45, 7) is 0. The minimum absolute atomic E-state index is 2.24. The highest BCUT2D eigenvalue weighted by Gasteiger charge is 2.57. The molecule has 0 aliphatic carbocycles. The number of hydrogen-bond acceptors (Lipinski definition) is 2. The van der Waals surface area contributed by atoms with Crippen LogP contribution in [0, 0.1) is 0 Å². The largest absolute Gasteiger partial charge is 0.422 e. The van der Waals surface area contributed by atoms with Crippen LogP contribution in [0.2, 0.25) is 0 Å². The molecule has 0 unspecified atom stereocenters. The Hall–Kier alpha value is -1.22. The lowest BCUT2D eigenvalue weighted by atomic mass is 10.1. The van der Waals surface area contributed by atoms with E-state index < -0.39 is 43.0 Å². The molecule has 0 amide bonds. The number of rotatable bonds is 2. The Bertz CT molecular complexity index is 296. The van der Waals surface area contributed by atoms with Crippen molar-refractivity contribution in [3.8, 4) is 0 Å². The molecule has 1 heterocycles. The van der Waals surface area contributed by atoms with Gasteiger partial charge in [-0.1, -0.05) is 0 Å². The molecule has 0 spiro atoms. The van der Waals surface area contributed by atoms with Crippen molar-refractivity contribution in [1.29, 1.82) is 0 Å². The van der Waals surface area contributed by atoms with Gasteiger partial charge in [-0.2, -0.15) is 35.1 Å². The second-order valence-electron chi connectivity index (χ2n) is 3.25. The molecule has 17 heavy (non-hydrogen) atoms. The second-order valence-corrected chi connectivity index (χ2v) is 3.25. The Kier molecular flexibility index (Phi) is 3.19.